The van der Waals surface area contributed by atoms with Crippen LogP contribution in [0.2, 0.25) is 0 Å². The molecule has 32 heavy (non-hydrogen) atoms. The number of ether oxygens (including phenoxy) is 1. The third kappa shape index (κ3) is 4.64. The fourth-order valence-corrected chi connectivity index (χ4v) is 5.84. The summed E-state index contributed by atoms with van der Waals surface area (Å²) in [6, 6.07) is 2.88. The summed E-state index contributed by atoms with van der Waals surface area (Å²) >= 11 is 0.177. The minimum Gasteiger partial charge on any atom is -0.465 e. The lowest BCUT2D eigenvalue weighted by Crippen LogP contribution is -2.50. The highest BCUT2D eigenvalue weighted by atomic mass is 32.2. The number of thioether (sulfide) groups is 1. The van der Waals surface area contributed by atoms with Crippen LogP contribution in [0.15, 0.2) is 32.7 Å². The van der Waals surface area contributed by atoms with Crippen LogP contribution in [-0.2, 0) is 14.8 Å². The van der Waals surface area contributed by atoms with Gasteiger partial charge < -0.3 is 14.1 Å². The van der Waals surface area contributed by atoms with Crippen LogP contribution >= 0.6 is 11.8 Å². The van der Waals surface area contributed by atoms with E-state index in [1.165, 1.54) is 37.1 Å². The van der Waals surface area contributed by atoms with Crippen molar-refractivity contribution in [2.75, 3.05) is 33.3 Å². The maximum absolute atomic E-state index is 13.2. The quantitative estimate of drug-likeness (QED) is 0.450. The van der Waals surface area contributed by atoms with E-state index in [1.54, 1.807) is 0 Å². The molecular formula is C19H21F2N3O6S2. The zero-order valence-corrected chi connectivity index (χ0v) is 19.1. The van der Waals surface area contributed by atoms with Gasteiger partial charge in [-0.1, -0.05) is 0 Å². The van der Waals surface area contributed by atoms with E-state index in [9.17, 15) is 26.8 Å². The molecule has 1 fully saturated rings. The monoisotopic (exact) mass is 489 g/mol. The van der Waals surface area contributed by atoms with Crippen LogP contribution in [0.25, 0.3) is 0 Å². The number of aromatic nitrogens is 1. The minimum absolute atomic E-state index is 0.0309. The number of nitrogens with zero attached hydrogens (tertiary/aromatic N) is 3. The van der Waals surface area contributed by atoms with Gasteiger partial charge in [0.1, 0.15) is 27.0 Å². The number of alkyl halides is 2. The fraction of sp³-hybridized carbons (Fsp3) is 0.421. The van der Waals surface area contributed by atoms with Gasteiger partial charge >= 0.3 is 5.97 Å². The van der Waals surface area contributed by atoms with Gasteiger partial charge in [-0.3, -0.25) is 4.79 Å². The lowest BCUT2D eigenvalue weighted by molar-refractivity contribution is 0.0594. The summed E-state index contributed by atoms with van der Waals surface area (Å²) < 4.78 is 63.3. The molecule has 0 unspecified atom stereocenters. The van der Waals surface area contributed by atoms with Crippen LogP contribution in [0.1, 0.15) is 32.2 Å². The first-order chi connectivity index (χ1) is 15.1. The first kappa shape index (κ1) is 24.1. The van der Waals surface area contributed by atoms with Gasteiger partial charge in [0, 0.05) is 32.4 Å². The molecule has 2 aromatic rings. The van der Waals surface area contributed by atoms with Gasteiger partial charge in [-0.25, -0.2) is 18.2 Å². The number of methoxy groups -OCH3 is 1. The Morgan fingerprint density at radius 1 is 1.19 bits per heavy atom. The van der Waals surface area contributed by atoms with Crippen LogP contribution in [0.3, 0.4) is 0 Å². The van der Waals surface area contributed by atoms with Crippen molar-refractivity contribution in [3.63, 3.8) is 0 Å². The van der Waals surface area contributed by atoms with Crippen molar-refractivity contribution in [3.8, 4) is 0 Å². The number of esters is 1. The van der Waals surface area contributed by atoms with Gasteiger partial charge in [0.15, 0.2) is 0 Å². The number of furan rings is 1. The number of halogens is 2. The Labute approximate surface area is 187 Å². The summed E-state index contributed by atoms with van der Waals surface area (Å²) in [6.45, 7) is 2.89. The molecule has 174 valence electrons. The molecule has 1 aliphatic rings. The van der Waals surface area contributed by atoms with E-state index in [0.717, 1.165) is 11.4 Å². The molecule has 1 aliphatic heterocycles. The van der Waals surface area contributed by atoms with Crippen LogP contribution in [0, 0.1) is 13.8 Å². The topological polar surface area (TPSA) is 110 Å². The summed E-state index contributed by atoms with van der Waals surface area (Å²) in [5.74, 6) is -3.88. The number of piperazine rings is 1. The van der Waals surface area contributed by atoms with E-state index in [1.807, 2.05) is 0 Å². The molecule has 0 aliphatic carbocycles. The van der Waals surface area contributed by atoms with Crippen LogP contribution < -0.4 is 0 Å². The third-order valence-corrected chi connectivity index (χ3v) is 7.70. The number of hydrogen-bond acceptors (Lipinski definition) is 8. The van der Waals surface area contributed by atoms with Crippen LogP contribution in [0.4, 0.5) is 8.78 Å². The molecule has 3 heterocycles. The normalized spacial score (nSPS) is 15.2. The Balaban J connectivity index is 1.80. The molecule has 9 nitrogen and oxygen atoms in total. The predicted molar refractivity (Wildman–Crippen MR) is 110 cm³/mol. The van der Waals surface area contributed by atoms with Gasteiger partial charge in [0.05, 0.1) is 12.7 Å². The highest BCUT2D eigenvalue weighted by Crippen LogP contribution is 2.31. The summed E-state index contributed by atoms with van der Waals surface area (Å²) in [7, 11) is -2.97. The Morgan fingerprint density at radius 2 is 1.84 bits per heavy atom. The van der Waals surface area contributed by atoms with E-state index in [0.29, 0.717) is 0 Å². The molecule has 0 radical (unpaired) electrons. The summed E-state index contributed by atoms with van der Waals surface area (Å²) in [5, 5.41) is -0.0882. The minimum atomic E-state index is -4.11. The first-order valence-electron chi connectivity index (χ1n) is 9.45. The fourth-order valence-electron chi connectivity index (χ4n) is 3.47. The molecule has 2 aromatic heterocycles. The Morgan fingerprint density at radius 3 is 2.44 bits per heavy atom. The van der Waals surface area contributed by atoms with E-state index in [-0.39, 0.29) is 70.5 Å². The average molecular weight is 490 g/mol. The number of carbonyl (C=O) groups is 2. The second-order valence-electron chi connectivity index (χ2n) is 6.84. The molecule has 13 heteroatoms. The number of carbonyl (C=O) groups excluding carboxylic acids is 2. The van der Waals surface area contributed by atoms with Crippen LogP contribution in [-0.4, -0.2) is 73.5 Å². The summed E-state index contributed by atoms with van der Waals surface area (Å²) in [4.78, 5) is 29.9. The number of aryl methyl sites for hydroxylation is 2. The maximum Gasteiger partial charge on any atom is 0.342 e. The van der Waals surface area contributed by atoms with Gasteiger partial charge in [-0.15, -0.1) is 0 Å². The number of pyridine rings is 1. The van der Waals surface area contributed by atoms with Gasteiger partial charge in [-0.2, -0.15) is 13.1 Å². The van der Waals surface area contributed by atoms with E-state index < -0.39 is 27.7 Å². The Bertz CT molecular complexity index is 1130. The summed E-state index contributed by atoms with van der Waals surface area (Å²) in [6.07, 6.45) is 1.32. The Kier molecular flexibility index (Phi) is 7.20. The lowest BCUT2D eigenvalue weighted by atomic mass is 10.2. The zero-order chi connectivity index (χ0) is 23.6. The van der Waals surface area contributed by atoms with Crippen molar-refractivity contribution in [2.24, 2.45) is 0 Å². The van der Waals surface area contributed by atoms with Crippen molar-refractivity contribution in [3.05, 3.63) is 41.0 Å². The van der Waals surface area contributed by atoms with E-state index in [2.05, 4.69) is 4.98 Å². The number of amides is 1. The van der Waals surface area contributed by atoms with Gasteiger partial charge in [0.25, 0.3) is 11.7 Å². The summed E-state index contributed by atoms with van der Waals surface area (Å²) in [5.41, 5.74) is -0.129. The standard InChI is InChI=1S/C19H21F2N3O6S2/c1-11-14(18(26)29-3)15(12(2)30-11)32(27,28)24-9-7-23(8-10-24)17(25)13-5-4-6-22-16(13)31-19(20)21/h4-6,19H,7-10H2,1-3H3. The van der Waals surface area contributed by atoms with E-state index in [4.69, 9.17) is 9.15 Å². The van der Waals surface area contributed by atoms with Gasteiger partial charge in [-0.05, 0) is 37.7 Å². The third-order valence-electron chi connectivity index (χ3n) is 4.92. The molecule has 0 saturated carbocycles. The predicted octanol–water partition coefficient (Wildman–Crippen LogP) is 2.54. The number of hydrogen-bond donors (Lipinski definition) is 0. The molecule has 0 spiro atoms. The lowest BCUT2D eigenvalue weighted by Gasteiger charge is -2.34. The van der Waals surface area contributed by atoms with Crippen LogP contribution in [0.5, 0.6) is 0 Å². The molecular weight excluding hydrogens is 468 g/mol. The maximum atomic E-state index is 13.2. The smallest absolute Gasteiger partial charge is 0.342 e. The molecule has 1 amide bonds. The van der Waals surface area contributed by atoms with Crippen molar-refractivity contribution >= 4 is 33.7 Å². The molecule has 0 N–H and O–H groups in total. The highest BCUT2D eigenvalue weighted by molar-refractivity contribution is 7.99. The molecule has 1 saturated heterocycles. The van der Waals surface area contributed by atoms with Gasteiger partial charge in [0.2, 0.25) is 10.0 Å². The van der Waals surface area contributed by atoms with Crippen molar-refractivity contribution in [1.82, 2.24) is 14.2 Å². The molecule has 0 bridgehead atoms. The molecule has 3 rings (SSSR count). The second kappa shape index (κ2) is 9.55. The van der Waals surface area contributed by atoms with E-state index >= 15 is 0 Å². The average Bonchev–Trinajstić information content (AvgIpc) is 3.07. The van der Waals surface area contributed by atoms with Crippen molar-refractivity contribution in [1.29, 1.82) is 0 Å². The molecule has 0 atom stereocenters. The number of rotatable bonds is 6. The number of sulfonamides is 1. The molecule has 0 aromatic carbocycles. The Hall–Kier alpha value is -2.51. The highest BCUT2D eigenvalue weighted by Gasteiger charge is 2.38. The SMILES string of the molecule is COC(=O)c1c(C)oc(C)c1S(=O)(=O)N1CCN(C(=O)c2cccnc2SC(F)F)CC1. The first-order valence-corrected chi connectivity index (χ1v) is 11.8. The largest absolute Gasteiger partial charge is 0.465 e. The van der Waals surface area contributed by atoms with Crippen molar-refractivity contribution < 1.29 is 35.9 Å². The zero-order valence-electron chi connectivity index (χ0n) is 17.5. The van der Waals surface area contributed by atoms with Crippen molar-refractivity contribution in [2.45, 2.75) is 29.5 Å². The second-order valence-corrected chi connectivity index (χ2v) is 9.69.